The summed E-state index contributed by atoms with van der Waals surface area (Å²) in [5.74, 6) is 1.36. The highest BCUT2D eigenvalue weighted by atomic mass is 127. The number of halogens is 1. The number of aliphatic imine (C=N–C) groups is 1. The topological polar surface area (TPSA) is 56.7 Å². The summed E-state index contributed by atoms with van der Waals surface area (Å²) >= 11 is 0. The molecule has 6 heteroatoms. The molecule has 1 amide bonds. The first-order valence-electron chi connectivity index (χ1n) is 11.2. The van der Waals surface area contributed by atoms with Gasteiger partial charge in [-0.2, -0.15) is 0 Å². The van der Waals surface area contributed by atoms with Crippen LogP contribution < -0.4 is 10.6 Å². The summed E-state index contributed by atoms with van der Waals surface area (Å²) in [5, 5.41) is 6.89. The van der Waals surface area contributed by atoms with E-state index in [4.69, 9.17) is 0 Å². The van der Waals surface area contributed by atoms with Crippen LogP contribution in [0.4, 0.5) is 0 Å². The van der Waals surface area contributed by atoms with Crippen LogP contribution in [0.3, 0.4) is 0 Å². The van der Waals surface area contributed by atoms with Crippen molar-refractivity contribution in [1.82, 2.24) is 15.5 Å². The number of likely N-dealkylation sites (tertiary alicyclic amines) is 1. The minimum absolute atomic E-state index is 0. The molecule has 0 saturated carbocycles. The Bertz CT molecular complexity index is 898. The van der Waals surface area contributed by atoms with Crippen molar-refractivity contribution < 1.29 is 4.79 Å². The van der Waals surface area contributed by atoms with E-state index in [-0.39, 0.29) is 35.3 Å². The molecule has 1 fully saturated rings. The van der Waals surface area contributed by atoms with E-state index in [1.54, 1.807) is 7.05 Å². The first-order chi connectivity index (χ1) is 14.9. The molecule has 32 heavy (non-hydrogen) atoms. The van der Waals surface area contributed by atoms with Gasteiger partial charge >= 0.3 is 0 Å². The lowest BCUT2D eigenvalue weighted by molar-refractivity contribution is -0.127. The molecule has 2 aromatic rings. The molecule has 1 aliphatic heterocycles. The number of nitrogens with one attached hydrogen (secondary N) is 2. The highest BCUT2D eigenvalue weighted by Gasteiger charge is 2.29. The van der Waals surface area contributed by atoms with Crippen molar-refractivity contribution in [3.8, 4) is 0 Å². The van der Waals surface area contributed by atoms with E-state index in [2.05, 4.69) is 72.8 Å². The zero-order valence-corrected chi connectivity index (χ0v) is 22.1. The summed E-state index contributed by atoms with van der Waals surface area (Å²) < 4.78 is 0. The minimum atomic E-state index is -0.0134. The van der Waals surface area contributed by atoms with E-state index >= 15 is 0 Å². The van der Waals surface area contributed by atoms with Crippen LogP contribution in [0.5, 0.6) is 0 Å². The Balaban J connectivity index is 0.00000363. The molecule has 1 aliphatic rings. The molecule has 1 saturated heterocycles. The molecule has 1 heterocycles. The van der Waals surface area contributed by atoms with Gasteiger partial charge < -0.3 is 15.5 Å². The molecule has 2 N–H and O–H groups in total. The third-order valence-electron chi connectivity index (χ3n) is 6.16. The zero-order chi connectivity index (χ0) is 22.3. The number of hydrogen-bond donors (Lipinski definition) is 2. The predicted molar refractivity (Wildman–Crippen MR) is 144 cm³/mol. The molecule has 0 spiro atoms. The number of nitrogens with zero attached hydrogens (tertiary/aromatic N) is 2. The lowest BCUT2D eigenvalue weighted by Gasteiger charge is -2.28. The summed E-state index contributed by atoms with van der Waals surface area (Å²) in [5.41, 5.74) is 3.91. The summed E-state index contributed by atoms with van der Waals surface area (Å²) in [6.07, 6.45) is 1.51. The molecule has 0 aromatic heterocycles. The number of aryl methyl sites for hydroxylation is 1. The number of amides is 1. The highest BCUT2D eigenvalue weighted by molar-refractivity contribution is 14.0. The average molecular weight is 549 g/mol. The molecule has 5 nitrogen and oxygen atoms in total. The fourth-order valence-electron chi connectivity index (χ4n) is 4.31. The number of benzene rings is 2. The van der Waals surface area contributed by atoms with Gasteiger partial charge in [0.05, 0.1) is 0 Å². The third kappa shape index (κ3) is 7.22. The van der Waals surface area contributed by atoms with Gasteiger partial charge in [-0.05, 0) is 30.0 Å². The number of guanidine groups is 1. The summed E-state index contributed by atoms with van der Waals surface area (Å²) in [4.78, 5) is 18.8. The Morgan fingerprint density at radius 1 is 1.09 bits per heavy atom. The second-order valence-electron chi connectivity index (χ2n) is 9.15. The van der Waals surface area contributed by atoms with E-state index in [0.717, 1.165) is 38.6 Å². The minimum Gasteiger partial charge on any atom is -0.356 e. The van der Waals surface area contributed by atoms with Gasteiger partial charge in [0.15, 0.2) is 5.96 Å². The first-order valence-corrected chi connectivity index (χ1v) is 11.2. The monoisotopic (exact) mass is 548 g/mol. The fourth-order valence-corrected chi connectivity index (χ4v) is 4.31. The second kappa shape index (κ2) is 12.2. The van der Waals surface area contributed by atoms with E-state index < -0.39 is 0 Å². The van der Waals surface area contributed by atoms with E-state index in [1.807, 2.05) is 23.1 Å². The average Bonchev–Trinajstić information content (AvgIpc) is 3.12. The van der Waals surface area contributed by atoms with Crippen molar-refractivity contribution in [3.63, 3.8) is 0 Å². The lowest BCUT2D eigenvalue weighted by atomic mass is 9.82. The molecular formula is C26H37IN4O. The van der Waals surface area contributed by atoms with Gasteiger partial charge in [-0.15, -0.1) is 24.0 Å². The van der Waals surface area contributed by atoms with Crippen LogP contribution in [0.1, 0.15) is 37.0 Å². The van der Waals surface area contributed by atoms with Gasteiger partial charge in [0, 0.05) is 51.0 Å². The van der Waals surface area contributed by atoms with Gasteiger partial charge in [-0.1, -0.05) is 68.4 Å². The third-order valence-corrected chi connectivity index (χ3v) is 6.16. The van der Waals surface area contributed by atoms with Crippen molar-refractivity contribution >= 4 is 35.8 Å². The van der Waals surface area contributed by atoms with Gasteiger partial charge in [0.2, 0.25) is 5.91 Å². The largest absolute Gasteiger partial charge is 0.356 e. The maximum absolute atomic E-state index is 12.4. The van der Waals surface area contributed by atoms with Crippen molar-refractivity contribution in [3.05, 3.63) is 71.3 Å². The van der Waals surface area contributed by atoms with Gasteiger partial charge in [0.1, 0.15) is 0 Å². The van der Waals surface area contributed by atoms with Crippen molar-refractivity contribution in [2.75, 3.05) is 33.2 Å². The Labute approximate surface area is 210 Å². The van der Waals surface area contributed by atoms with Crippen molar-refractivity contribution in [2.24, 2.45) is 10.9 Å². The fraction of sp³-hybridized carbons (Fsp3) is 0.462. The molecule has 3 rings (SSSR count). The number of rotatable bonds is 8. The number of hydrogen-bond acceptors (Lipinski definition) is 2. The highest BCUT2D eigenvalue weighted by Crippen LogP contribution is 2.25. The second-order valence-corrected chi connectivity index (χ2v) is 9.15. The van der Waals surface area contributed by atoms with E-state index in [1.165, 1.54) is 16.7 Å². The molecule has 0 aliphatic carbocycles. The van der Waals surface area contributed by atoms with Crippen LogP contribution in [-0.4, -0.2) is 50.0 Å². The Morgan fingerprint density at radius 2 is 1.78 bits per heavy atom. The Kier molecular flexibility index (Phi) is 10.0. The summed E-state index contributed by atoms with van der Waals surface area (Å²) in [7, 11) is 1.79. The maximum Gasteiger partial charge on any atom is 0.223 e. The SMILES string of the molecule is CN=C(NCC1CC(=O)N(CCc2ccccc2)C1)NCC(C)(C)c1ccccc1C.I. The molecule has 174 valence electrons. The van der Waals surface area contributed by atoms with Crippen LogP contribution in [0.25, 0.3) is 0 Å². The molecular weight excluding hydrogens is 511 g/mol. The predicted octanol–water partition coefficient (Wildman–Crippen LogP) is 4.15. The van der Waals surface area contributed by atoms with Crippen LogP contribution in [0.15, 0.2) is 59.6 Å². The first kappa shape index (κ1) is 26.2. The number of carbonyl (C=O) groups excluding carboxylic acids is 1. The van der Waals surface area contributed by atoms with Crippen molar-refractivity contribution in [1.29, 1.82) is 0 Å². The van der Waals surface area contributed by atoms with Crippen LogP contribution in [0, 0.1) is 12.8 Å². The lowest BCUT2D eigenvalue weighted by Crippen LogP contribution is -2.45. The summed E-state index contributed by atoms with van der Waals surface area (Å²) in [6, 6.07) is 18.9. The standard InChI is InChI=1S/C26H36N4O.HI/c1-20-10-8-9-13-23(20)26(2,3)19-29-25(27-4)28-17-22-16-24(31)30(18-22)15-14-21-11-6-5-7-12-21;/h5-13,22H,14-19H2,1-4H3,(H2,27,28,29);1H. The number of carbonyl (C=O) groups is 1. The zero-order valence-electron chi connectivity index (χ0n) is 19.7. The van der Waals surface area contributed by atoms with Gasteiger partial charge in [-0.25, -0.2) is 0 Å². The normalized spacial score (nSPS) is 16.6. The molecule has 0 bridgehead atoms. The van der Waals surface area contributed by atoms with Crippen LogP contribution >= 0.6 is 24.0 Å². The Morgan fingerprint density at radius 3 is 2.47 bits per heavy atom. The smallest absolute Gasteiger partial charge is 0.223 e. The van der Waals surface area contributed by atoms with Crippen LogP contribution in [-0.2, 0) is 16.6 Å². The van der Waals surface area contributed by atoms with Crippen LogP contribution in [0.2, 0.25) is 0 Å². The van der Waals surface area contributed by atoms with Gasteiger partial charge in [-0.3, -0.25) is 9.79 Å². The van der Waals surface area contributed by atoms with E-state index in [0.29, 0.717) is 12.3 Å². The molecule has 1 unspecified atom stereocenters. The molecule has 1 atom stereocenters. The maximum atomic E-state index is 12.4. The Hall–Kier alpha value is -2.09. The van der Waals surface area contributed by atoms with E-state index in [9.17, 15) is 4.79 Å². The molecule has 2 aromatic carbocycles. The van der Waals surface area contributed by atoms with Gasteiger partial charge in [0.25, 0.3) is 0 Å². The molecule has 0 radical (unpaired) electrons. The van der Waals surface area contributed by atoms with Crippen molar-refractivity contribution in [2.45, 2.75) is 39.0 Å². The summed E-state index contributed by atoms with van der Waals surface area (Å²) in [6.45, 7) is 9.78. The quantitative estimate of drug-likeness (QED) is 0.296.